The number of aromatic nitrogens is 2. The van der Waals surface area contributed by atoms with E-state index in [0.717, 1.165) is 50.1 Å². The first kappa shape index (κ1) is 22.3. The topological polar surface area (TPSA) is 38.9 Å². The first-order chi connectivity index (χ1) is 20.3. The van der Waals surface area contributed by atoms with Crippen LogP contribution in [0.25, 0.3) is 87.8 Å². The van der Waals surface area contributed by atoms with Crippen molar-refractivity contribution in [1.29, 1.82) is 0 Å². The number of para-hydroxylation sites is 3. The molecule has 0 aliphatic carbocycles. The van der Waals surface area contributed by atoms with Crippen LogP contribution in [0.15, 0.2) is 138 Å². The average Bonchev–Trinajstić information content (AvgIpc) is 3.43. The molecule has 0 radical (unpaired) electrons. The molecule has 0 aliphatic rings. The van der Waals surface area contributed by atoms with Crippen molar-refractivity contribution in [3.8, 4) is 22.5 Å². The minimum absolute atomic E-state index is 0.890. The van der Waals surface area contributed by atoms with Crippen LogP contribution in [0.2, 0.25) is 0 Å². The average molecular weight is 523 g/mol. The van der Waals surface area contributed by atoms with Gasteiger partial charge in [-0.15, -0.1) is 0 Å². The SMILES string of the molecule is c1ccc(-c2nc3ccccc3nc2-c2ccc3c(ccc4ccc5c(ccc6oc7ccccc7c65)c43)c2)cc1. The Balaban J connectivity index is 1.32. The van der Waals surface area contributed by atoms with Crippen LogP contribution in [0, 0.1) is 0 Å². The van der Waals surface area contributed by atoms with E-state index in [-0.39, 0.29) is 0 Å². The van der Waals surface area contributed by atoms with Crippen molar-refractivity contribution in [2.24, 2.45) is 0 Å². The lowest BCUT2D eigenvalue weighted by Crippen LogP contribution is -1.95. The van der Waals surface area contributed by atoms with Gasteiger partial charge in [-0.2, -0.15) is 0 Å². The van der Waals surface area contributed by atoms with Gasteiger partial charge in [0.1, 0.15) is 11.2 Å². The molecule has 9 rings (SSSR count). The van der Waals surface area contributed by atoms with Crippen LogP contribution in [0.4, 0.5) is 0 Å². The molecule has 0 amide bonds. The van der Waals surface area contributed by atoms with Crippen molar-refractivity contribution in [2.45, 2.75) is 0 Å². The summed E-state index contributed by atoms with van der Waals surface area (Å²) in [6.45, 7) is 0. The van der Waals surface area contributed by atoms with Crippen LogP contribution < -0.4 is 0 Å². The zero-order chi connectivity index (χ0) is 26.9. The smallest absolute Gasteiger partial charge is 0.136 e. The van der Waals surface area contributed by atoms with Gasteiger partial charge in [0.2, 0.25) is 0 Å². The molecule has 0 spiro atoms. The van der Waals surface area contributed by atoms with Gasteiger partial charge in [0.25, 0.3) is 0 Å². The van der Waals surface area contributed by atoms with Gasteiger partial charge in [0.05, 0.1) is 22.4 Å². The van der Waals surface area contributed by atoms with Crippen LogP contribution in [0.3, 0.4) is 0 Å². The van der Waals surface area contributed by atoms with Crippen LogP contribution in [-0.4, -0.2) is 9.97 Å². The Morgan fingerprint density at radius 2 is 1.02 bits per heavy atom. The third-order valence-electron chi connectivity index (χ3n) is 8.23. The number of rotatable bonds is 2. The van der Waals surface area contributed by atoms with Crippen LogP contribution >= 0.6 is 0 Å². The number of hydrogen-bond acceptors (Lipinski definition) is 3. The van der Waals surface area contributed by atoms with E-state index in [0.29, 0.717) is 0 Å². The first-order valence-corrected chi connectivity index (χ1v) is 13.8. The molecule has 41 heavy (non-hydrogen) atoms. The van der Waals surface area contributed by atoms with E-state index in [9.17, 15) is 0 Å². The maximum absolute atomic E-state index is 6.19. The van der Waals surface area contributed by atoms with E-state index in [4.69, 9.17) is 14.4 Å². The molecule has 0 atom stereocenters. The zero-order valence-corrected chi connectivity index (χ0v) is 22.0. The van der Waals surface area contributed by atoms with Crippen molar-refractivity contribution in [3.05, 3.63) is 133 Å². The molecular formula is C38H22N2O. The van der Waals surface area contributed by atoms with Crippen molar-refractivity contribution >= 4 is 65.3 Å². The summed E-state index contributed by atoms with van der Waals surface area (Å²) in [6, 6.07) is 46.6. The molecule has 7 aromatic carbocycles. The fourth-order valence-corrected chi connectivity index (χ4v) is 6.34. The molecule has 0 N–H and O–H groups in total. The lowest BCUT2D eigenvalue weighted by Gasteiger charge is -2.13. The van der Waals surface area contributed by atoms with E-state index in [1.807, 2.05) is 54.6 Å². The molecule has 0 aliphatic heterocycles. The Hall–Kier alpha value is -5.54. The molecule has 3 nitrogen and oxygen atoms in total. The maximum Gasteiger partial charge on any atom is 0.136 e. The number of nitrogens with zero attached hydrogens (tertiary/aromatic N) is 2. The molecule has 0 saturated heterocycles. The van der Waals surface area contributed by atoms with E-state index in [2.05, 4.69) is 78.9 Å². The number of hydrogen-bond donors (Lipinski definition) is 0. The van der Waals surface area contributed by atoms with E-state index < -0.39 is 0 Å². The Bertz CT molecular complexity index is 2470. The van der Waals surface area contributed by atoms with Crippen molar-refractivity contribution in [2.75, 3.05) is 0 Å². The molecule has 0 unspecified atom stereocenters. The minimum atomic E-state index is 0.890. The van der Waals surface area contributed by atoms with Gasteiger partial charge in [-0.1, -0.05) is 97.1 Å². The molecule has 190 valence electrons. The predicted molar refractivity (Wildman–Crippen MR) is 170 cm³/mol. The molecule has 0 saturated carbocycles. The third kappa shape index (κ3) is 3.33. The summed E-state index contributed by atoms with van der Waals surface area (Å²) < 4.78 is 6.19. The summed E-state index contributed by atoms with van der Waals surface area (Å²) in [5.41, 5.74) is 7.52. The second-order valence-corrected chi connectivity index (χ2v) is 10.6. The highest BCUT2D eigenvalue weighted by Gasteiger charge is 2.16. The summed E-state index contributed by atoms with van der Waals surface area (Å²) in [7, 11) is 0. The van der Waals surface area contributed by atoms with Crippen LogP contribution in [-0.2, 0) is 0 Å². The van der Waals surface area contributed by atoms with Gasteiger partial charge in [-0.05, 0) is 68.7 Å². The second-order valence-electron chi connectivity index (χ2n) is 10.6. The van der Waals surface area contributed by atoms with E-state index in [1.54, 1.807) is 0 Å². The normalized spacial score (nSPS) is 11.9. The number of fused-ring (bicyclic) bond motifs is 10. The molecular weight excluding hydrogens is 500 g/mol. The first-order valence-electron chi connectivity index (χ1n) is 13.8. The lowest BCUT2D eigenvalue weighted by atomic mass is 9.93. The lowest BCUT2D eigenvalue weighted by molar-refractivity contribution is 0.669. The third-order valence-corrected chi connectivity index (χ3v) is 8.23. The summed E-state index contributed by atoms with van der Waals surface area (Å²) in [5, 5.41) is 9.64. The molecule has 9 aromatic rings. The molecule has 0 bridgehead atoms. The molecule has 0 fully saturated rings. The van der Waals surface area contributed by atoms with E-state index in [1.165, 1.54) is 37.7 Å². The van der Waals surface area contributed by atoms with Gasteiger partial charge in [-0.25, -0.2) is 9.97 Å². The Morgan fingerprint density at radius 1 is 0.390 bits per heavy atom. The van der Waals surface area contributed by atoms with E-state index >= 15 is 0 Å². The van der Waals surface area contributed by atoms with Crippen molar-refractivity contribution in [1.82, 2.24) is 9.97 Å². The predicted octanol–water partition coefficient (Wildman–Crippen LogP) is 10.3. The molecule has 2 aromatic heterocycles. The largest absolute Gasteiger partial charge is 0.456 e. The highest BCUT2D eigenvalue weighted by atomic mass is 16.3. The molecule has 2 heterocycles. The van der Waals surface area contributed by atoms with Gasteiger partial charge in [-0.3, -0.25) is 0 Å². The van der Waals surface area contributed by atoms with Gasteiger partial charge < -0.3 is 4.42 Å². The van der Waals surface area contributed by atoms with Crippen molar-refractivity contribution in [3.63, 3.8) is 0 Å². The van der Waals surface area contributed by atoms with Gasteiger partial charge >= 0.3 is 0 Å². The Morgan fingerprint density at radius 3 is 1.88 bits per heavy atom. The standard InChI is InChI=1S/C38H22N2O/c1-2-8-24(9-3-1)37-38(40-32-12-6-5-11-31(32)39-37)26-17-18-27-25(22-26)15-14-23-16-19-29-28(35(23)27)20-21-34-36(29)30-10-4-7-13-33(30)41-34/h1-22H. The maximum atomic E-state index is 6.19. The Kier molecular flexibility index (Phi) is 4.61. The van der Waals surface area contributed by atoms with Gasteiger partial charge in [0, 0.05) is 21.9 Å². The summed E-state index contributed by atoms with van der Waals surface area (Å²) in [4.78, 5) is 10.2. The quantitative estimate of drug-likeness (QED) is 0.212. The number of furan rings is 1. The fraction of sp³-hybridized carbons (Fsp3) is 0. The Labute approximate surface area is 235 Å². The minimum Gasteiger partial charge on any atom is -0.456 e. The summed E-state index contributed by atoms with van der Waals surface area (Å²) in [5.74, 6) is 0. The van der Waals surface area contributed by atoms with Crippen molar-refractivity contribution < 1.29 is 4.42 Å². The fourth-order valence-electron chi connectivity index (χ4n) is 6.34. The summed E-state index contributed by atoms with van der Waals surface area (Å²) in [6.07, 6.45) is 0. The van der Waals surface area contributed by atoms with Crippen LogP contribution in [0.5, 0.6) is 0 Å². The monoisotopic (exact) mass is 522 g/mol. The highest BCUT2D eigenvalue weighted by molar-refractivity contribution is 6.28. The zero-order valence-electron chi connectivity index (χ0n) is 22.0. The second kappa shape index (κ2) is 8.48. The highest BCUT2D eigenvalue weighted by Crippen LogP contribution is 2.40. The molecule has 3 heteroatoms. The summed E-state index contributed by atoms with van der Waals surface area (Å²) >= 11 is 0. The van der Waals surface area contributed by atoms with Crippen LogP contribution in [0.1, 0.15) is 0 Å². The number of benzene rings is 7. The van der Waals surface area contributed by atoms with Gasteiger partial charge in [0.15, 0.2) is 0 Å².